The van der Waals surface area contributed by atoms with Gasteiger partial charge in [0.25, 0.3) is 0 Å². The number of halogens is 1. The van der Waals surface area contributed by atoms with E-state index in [2.05, 4.69) is 6.58 Å². The van der Waals surface area contributed by atoms with Gasteiger partial charge in [0.1, 0.15) is 5.83 Å². The lowest BCUT2D eigenvalue weighted by Crippen LogP contribution is -1.73. The molecule has 0 aromatic heterocycles. The Morgan fingerprint density at radius 1 is 1.60 bits per heavy atom. The predicted molar refractivity (Wildman–Crippen MR) is 43.4 cm³/mol. The summed E-state index contributed by atoms with van der Waals surface area (Å²) in [6.45, 7) is 7.19. The second-order valence-electron chi connectivity index (χ2n) is 1.95. The van der Waals surface area contributed by atoms with Gasteiger partial charge in [0, 0.05) is 0 Å². The summed E-state index contributed by atoms with van der Waals surface area (Å²) in [6, 6.07) is 0. The Labute approximate surface area is 61.8 Å². The molecule has 0 rings (SSSR count). The van der Waals surface area contributed by atoms with Crippen molar-refractivity contribution in [1.82, 2.24) is 0 Å². The summed E-state index contributed by atoms with van der Waals surface area (Å²) < 4.78 is 12.5. The minimum Gasteiger partial charge on any atom is -0.207 e. The molecule has 0 unspecified atom stereocenters. The zero-order valence-electron chi connectivity index (χ0n) is 6.52. The fourth-order valence-corrected chi connectivity index (χ4v) is 0.566. The molecule has 0 heterocycles. The predicted octanol–water partition coefficient (Wildman–Crippen LogP) is 3.38. The molecule has 1 heteroatoms. The van der Waals surface area contributed by atoms with Crippen molar-refractivity contribution in [3.63, 3.8) is 0 Å². The standard InChI is InChI=1S/C9H13F/c1-4-8(5-2)7-9(10)6-3/h4,6-7H,1,5H2,2-3H3. The monoisotopic (exact) mass is 140 g/mol. The van der Waals surface area contributed by atoms with Crippen molar-refractivity contribution in [3.05, 3.63) is 36.2 Å². The van der Waals surface area contributed by atoms with E-state index < -0.39 is 0 Å². The van der Waals surface area contributed by atoms with Crippen LogP contribution in [-0.4, -0.2) is 0 Å². The maximum atomic E-state index is 12.5. The highest BCUT2D eigenvalue weighted by atomic mass is 19.1. The molecule has 0 aromatic carbocycles. The quantitative estimate of drug-likeness (QED) is 0.527. The van der Waals surface area contributed by atoms with Crippen LogP contribution >= 0.6 is 0 Å². The van der Waals surface area contributed by atoms with Crippen molar-refractivity contribution in [2.75, 3.05) is 0 Å². The van der Waals surface area contributed by atoms with Crippen LogP contribution in [0.2, 0.25) is 0 Å². The van der Waals surface area contributed by atoms with Crippen LogP contribution < -0.4 is 0 Å². The lowest BCUT2D eigenvalue weighted by atomic mass is 10.2. The smallest absolute Gasteiger partial charge is 0.119 e. The summed E-state index contributed by atoms with van der Waals surface area (Å²) in [5, 5.41) is 0. The highest BCUT2D eigenvalue weighted by Crippen LogP contribution is 2.07. The third-order valence-electron chi connectivity index (χ3n) is 1.27. The number of hydrogen-bond donors (Lipinski definition) is 0. The van der Waals surface area contributed by atoms with Gasteiger partial charge in [-0.2, -0.15) is 0 Å². The molecule has 0 spiro atoms. The molecule has 0 fully saturated rings. The highest BCUT2D eigenvalue weighted by molar-refractivity contribution is 5.24. The summed E-state index contributed by atoms with van der Waals surface area (Å²) in [4.78, 5) is 0. The normalized spacial score (nSPS) is 13.5. The molecule has 0 aliphatic rings. The lowest BCUT2D eigenvalue weighted by molar-refractivity contribution is 0.663. The molecule has 0 bridgehead atoms. The van der Waals surface area contributed by atoms with E-state index in [1.54, 1.807) is 13.0 Å². The molecule has 0 aliphatic carbocycles. The van der Waals surface area contributed by atoms with Crippen molar-refractivity contribution in [1.29, 1.82) is 0 Å². The molecule has 0 atom stereocenters. The summed E-state index contributed by atoms with van der Waals surface area (Å²) in [6.07, 6.45) is 5.42. The largest absolute Gasteiger partial charge is 0.207 e. The summed E-state index contributed by atoms with van der Waals surface area (Å²) in [7, 11) is 0. The molecule has 56 valence electrons. The minimum atomic E-state index is -0.197. The molecular weight excluding hydrogens is 127 g/mol. The van der Waals surface area contributed by atoms with Crippen LogP contribution in [0, 0.1) is 0 Å². The van der Waals surface area contributed by atoms with Crippen LogP contribution in [0.15, 0.2) is 36.2 Å². The van der Waals surface area contributed by atoms with Gasteiger partial charge < -0.3 is 0 Å². The van der Waals surface area contributed by atoms with E-state index in [9.17, 15) is 4.39 Å². The minimum absolute atomic E-state index is 0.197. The van der Waals surface area contributed by atoms with Gasteiger partial charge in [-0.3, -0.25) is 0 Å². The third-order valence-corrected chi connectivity index (χ3v) is 1.27. The SMILES string of the molecule is C=CC(=CC(F)=CC)CC. The van der Waals surface area contributed by atoms with E-state index in [0.29, 0.717) is 0 Å². The average Bonchev–Trinajstić information content (AvgIpc) is 1.99. The summed E-state index contributed by atoms with van der Waals surface area (Å²) >= 11 is 0. The van der Waals surface area contributed by atoms with Crippen LogP contribution in [-0.2, 0) is 0 Å². The summed E-state index contributed by atoms with van der Waals surface area (Å²) in [5.41, 5.74) is 0.926. The first kappa shape index (κ1) is 9.15. The van der Waals surface area contributed by atoms with E-state index in [4.69, 9.17) is 0 Å². The first-order valence-corrected chi connectivity index (χ1v) is 3.39. The molecular formula is C9H13F. The molecule has 0 nitrogen and oxygen atoms in total. The third kappa shape index (κ3) is 3.23. The maximum absolute atomic E-state index is 12.5. The first-order valence-electron chi connectivity index (χ1n) is 3.39. The van der Waals surface area contributed by atoms with Gasteiger partial charge in [0.15, 0.2) is 0 Å². The van der Waals surface area contributed by atoms with Crippen molar-refractivity contribution >= 4 is 0 Å². The molecule has 0 amide bonds. The van der Waals surface area contributed by atoms with Crippen molar-refractivity contribution in [2.45, 2.75) is 20.3 Å². The van der Waals surface area contributed by atoms with E-state index in [1.165, 1.54) is 12.2 Å². The fraction of sp³-hybridized carbons (Fsp3) is 0.333. The topological polar surface area (TPSA) is 0 Å². The van der Waals surface area contributed by atoms with Crippen LogP contribution in [0.4, 0.5) is 4.39 Å². The molecule has 0 saturated carbocycles. The van der Waals surface area contributed by atoms with E-state index in [1.807, 2.05) is 6.92 Å². The zero-order chi connectivity index (χ0) is 7.98. The van der Waals surface area contributed by atoms with Gasteiger partial charge in [0.2, 0.25) is 0 Å². The second kappa shape index (κ2) is 4.98. The molecule has 10 heavy (non-hydrogen) atoms. The zero-order valence-corrected chi connectivity index (χ0v) is 6.52. The Morgan fingerprint density at radius 2 is 2.20 bits per heavy atom. The second-order valence-corrected chi connectivity index (χ2v) is 1.95. The van der Waals surface area contributed by atoms with E-state index in [-0.39, 0.29) is 5.83 Å². The first-order chi connectivity index (χ1) is 4.74. The van der Waals surface area contributed by atoms with E-state index in [0.717, 1.165) is 12.0 Å². The fourth-order valence-electron chi connectivity index (χ4n) is 0.566. The molecule has 0 aromatic rings. The van der Waals surface area contributed by atoms with Crippen molar-refractivity contribution < 1.29 is 4.39 Å². The van der Waals surface area contributed by atoms with Crippen LogP contribution in [0.5, 0.6) is 0 Å². The molecule has 0 aliphatic heterocycles. The van der Waals surface area contributed by atoms with Gasteiger partial charge in [-0.05, 0) is 25.0 Å². The Hall–Kier alpha value is -0.850. The van der Waals surface area contributed by atoms with Crippen molar-refractivity contribution in [2.24, 2.45) is 0 Å². The highest BCUT2D eigenvalue weighted by Gasteiger charge is 1.88. The van der Waals surface area contributed by atoms with Gasteiger partial charge in [-0.15, -0.1) is 0 Å². The Kier molecular flexibility index (Phi) is 4.55. The van der Waals surface area contributed by atoms with E-state index >= 15 is 0 Å². The van der Waals surface area contributed by atoms with Gasteiger partial charge in [-0.25, -0.2) is 4.39 Å². The van der Waals surface area contributed by atoms with Gasteiger partial charge in [-0.1, -0.05) is 25.7 Å². The number of allylic oxidation sites excluding steroid dienone is 5. The van der Waals surface area contributed by atoms with Crippen LogP contribution in [0.25, 0.3) is 0 Å². The van der Waals surface area contributed by atoms with Crippen molar-refractivity contribution in [3.8, 4) is 0 Å². The maximum Gasteiger partial charge on any atom is 0.119 e. The Balaban J connectivity index is 4.24. The summed E-state index contributed by atoms with van der Waals surface area (Å²) in [5.74, 6) is -0.197. The van der Waals surface area contributed by atoms with Crippen LogP contribution in [0.3, 0.4) is 0 Å². The van der Waals surface area contributed by atoms with Gasteiger partial charge >= 0.3 is 0 Å². The molecule has 0 radical (unpaired) electrons. The lowest BCUT2D eigenvalue weighted by Gasteiger charge is -1.92. The number of rotatable bonds is 3. The van der Waals surface area contributed by atoms with Gasteiger partial charge in [0.05, 0.1) is 0 Å². The van der Waals surface area contributed by atoms with Crippen LogP contribution in [0.1, 0.15) is 20.3 Å². The molecule has 0 saturated heterocycles. The average molecular weight is 140 g/mol. The Bertz CT molecular complexity index is 164. The number of hydrogen-bond acceptors (Lipinski definition) is 0. The Morgan fingerprint density at radius 3 is 2.50 bits per heavy atom. The molecule has 0 N–H and O–H groups in total.